The van der Waals surface area contributed by atoms with E-state index in [-0.39, 0.29) is 12.3 Å². The van der Waals surface area contributed by atoms with Crippen LogP contribution in [0.25, 0.3) is 0 Å². The first-order valence-electron chi connectivity index (χ1n) is 7.20. The quantitative estimate of drug-likeness (QED) is 0.767. The maximum absolute atomic E-state index is 11.9. The predicted molar refractivity (Wildman–Crippen MR) is 69.7 cm³/mol. The minimum absolute atomic E-state index is 0.122. The van der Waals surface area contributed by atoms with E-state index in [9.17, 15) is 14.7 Å². The third kappa shape index (κ3) is 3.69. The maximum Gasteiger partial charge on any atom is 0.310 e. The number of rotatable bonds is 6. The van der Waals surface area contributed by atoms with Crippen LogP contribution in [0.2, 0.25) is 0 Å². The Morgan fingerprint density at radius 3 is 2.63 bits per heavy atom. The van der Waals surface area contributed by atoms with E-state index in [4.69, 9.17) is 4.74 Å². The Hall–Kier alpha value is -1.10. The molecule has 1 aliphatic carbocycles. The molecule has 1 saturated carbocycles. The number of ether oxygens (including phenoxy) is 1. The summed E-state index contributed by atoms with van der Waals surface area (Å²) in [5.41, 5.74) is -0.805. The van der Waals surface area contributed by atoms with Gasteiger partial charge in [-0.15, -0.1) is 0 Å². The summed E-state index contributed by atoms with van der Waals surface area (Å²) in [7, 11) is 0. The molecular formula is C14H23NO4. The van der Waals surface area contributed by atoms with Crippen molar-refractivity contribution in [1.82, 2.24) is 5.32 Å². The van der Waals surface area contributed by atoms with Gasteiger partial charge in [0, 0.05) is 26.2 Å². The summed E-state index contributed by atoms with van der Waals surface area (Å²) in [6, 6.07) is 0. The third-order valence-corrected chi connectivity index (χ3v) is 4.41. The van der Waals surface area contributed by atoms with Crippen molar-refractivity contribution < 1.29 is 19.4 Å². The summed E-state index contributed by atoms with van der Waals surface area (Å²) >= 11 is 0. The number of amides is 1. The van der Waals surface area contributed by atoms with E-state index < -0.39 is 11.4 Å². The van der Waals surface area contributed by atoms with Crippen LogP contribution in [0.1, 0.15) is 44.9 Å². The number of nitrogens with one attached hydrogen (secondary N) is 1. The van der Waals surface area contributed by atoms with Crippen molar-refractivity contribution in [2.24, 2.45) is 11.3 Å². The number of carboxylic acids is 1. The van der Waals surface area contributed by atoms with Gasteiger partial charge in [-0.25, -0.2) is 0 Å². The molecule has 5 nitrogen and oxygen atoms in total. The molecule has 1 heterocycles. The summed E-state index contributed by atoms with van der Waals surface area (Å²) in [6.45, 7) is 2.23. The lowest BCUT2D eigenvalue weighted by atomic mass is 9.82. The van der Waals surface area contributed by atoms with Gasteiger partial charge < -0.3 is 15.2 Å². The van der Waals surface area contributed by atoms with E-state index in [1.165, 1.54) is 0 Å². The molecule has 0 spiro atoms. The number of carbonyl (C=O) groups excluding carboxylic acids is 1. The second-order valence-electron chi connectivity index (χ2n) is 5.84. The zero-order chi connectivity index (χ0) is 13.7. The molecule has 0 bridgehead atoms. The highest BCUT2D eigenvalue weighted by Crippen LogP contribution is 2.41. The van der Waals surface area contributed by atoms with Crippen molar-refractivity contribution in [3.05, 3.63) is 0 Å². The van der Waals surface area contributed by atoms with Gasteiger partial charge in [-0.05, 0) is 31.6 Å². The zero-order valence-electron chi connectivity index (χ0n) is 11.3. The minimum Gasteiger partial charge on any atom is -0.481 e. The van der Waals surface area contributed by atoms with Gasteiger partial charge in [-0.1, -0.05) is 12.8 Å². The fourth-order valence-electron chi connectivity index (χ4n) is 3.11. The predicted octanol–water partition coefficient (Wildman–Crippen LogP) is 1.56. The van der Waals surface area contributed by atoms with Gasteiger partial charge in [0.2, 0.25) is 5.91 Å². The molecule has 2 fully saturated rings. The number of carboxylic acid groups (broad SMARTS) is 1. The molecule has 108 valence electrons. The van der Waals surface area contributed by atoms with Crippen LogP contribution in [0.15, 0.2) is 0 Å². The highest BCUT2D eigenvalue weighted by molar-refractivity contribution is 5.85. The molecule has 2 rings (SSSR count). The summed E-state index contributed by atoms with van der Waals surface area (Å²) in [5.74, 6) is -0.396. The number of aliphatic carboxylic acids is 1. The van der Waals surface area contributed by atoms with Crippen LogP contribution in [0.5, 0.6) is 0 Å². The molecule has 0 aromatic heterocycles. The lowest BCUT2D eigenvalue weighted by Gasteiger charge is -2.23. The van der Waals surface area contributed by atoms with Crippen LogP contribution in [-0.2, 0) is 14.3 Å². The van der Waals surface area contributed by atoms with Crippen molar-refractivity contribution >= 4 is 11.9 Å². The lowest BCUT2D eigenvalue weighted by molar-refractivity contribution is -0.151. The van der Waals surface area contributed by atoms with Crippen molar-refractivity contribution in [1.29, 1.82) is 0 Å². The van der Waals surface area contributed by atoms with Crippen molar-refractivity contribution in [3.63, 3.8) is 0 Å². The average molecular weight is 269 g/mol. The SMILES string of the molecule is O=C(CC1(C(=O)O)CCCC1)NCCC1CCOC1. The monoisotopic (exact) mass is 269 g/mol. The molecular weight excluding hydrogens is 246 g/mol. The fraction of sp³-hybridized carbons (Fsp3) is 0.857. The van der Waals surface area contributed by atoms with Gasteiger partial charge in [0.05, 0.1) is 5.41 Å². The molecule has 1 amide bonds. The van der Waals surface area contributed by atoms with E-state index in [1.54, 1.807) is 0 Å². The number of carbonyl (C=O) groups is 2. The van der Waals surface area contributed by atoms with Crippen LogP contribution in [0.4, 0.5) is 0 Å². The van der Waals surface area contributed by atoms with Crippen LogP contribution in [0, 0.1) is 11.3 Å². The van der Waals surface area contributed by atoms with E-state index in [0.29, 0.717) is 25.3 Å². The van der Waals surface area contributed by atoms with Crippen LogP contribution in [-0.4, -0.2) is 36.7 Å². The Labute approximate surface area is 113 Å². The van der Waals surface area contributed by atoms with Gasteiger partial charge in [0.25, 0.3) is 0 Å². The molecule has 2 aliphatic rings. The number of hydrogen-bond donors (Lipinski definition) is 2. The average Bonchev–Trinajstić information content (AvgIpc) is 3.00. The molecule has 1 atom stereocenters. The molecule has 0 aromatic rings. The Morgan fingerprint density at radius 2 is 2.05 bits per heavy atom. The van der Waals surface area contributed by atoms with Gasteiger partial charge in [0.1, 0.15) is 0 Å². The lowest BCUT2D eigenvalue weighted by Crippen LogP contribution is -2.36. The maximum atomic E-state index is 11.9. The highest BCUT2D eigenvalue weighted by atomic mass is 16.5. The van der Waals surface area contributed by atoms with Gasteiger partial charge in [0.15, 0.2) is 0 Å². The molecule has 1 saturated heterocycles. The van der Waals surface area contributed by atoms with E-state index in [0.717, 1.165) is 38.9 Å². The highest BCUT2D eigenvalue weighted by Gasteiger charge is 2.42. The summed E-state index contributed by atoms with van der Waals surface area (Å²) in [4.78, 5) is 23.2. The standard InChI is InChI=1S/C14H23NO4/c16-12(15-7-3-11-4-8-19-10-11)9-14(13(17)18)5-1-2-6-14/h11H,1-10H2,(H,15,16)(H,17,18). The molecule has 1 unspecified atom stereocenters. The Balaban J connectivity index is 1.72. The molecule has 1 aliphatic heterocycles. The second kappa shape index (κ2) is 6.37. The van der Waals surface area contributed by atoms with Gasteiger partial charge in [-0.2, -0.15) is 0 Å². The van der Waals surface area contributed by atoms with E-state index in [1.807, 2.05) is 0 Å². The minimum atomic E-state index is -0.815. The molecule has 2 N–H and O–H groups in total. The molecule has 19 heavy (non-hydrogen) atoms. The zero-order valence-corrected chi connectivity index (χ0v) is 11.3. The van der Waals surface area contributed by atoms with Crippen molar-refractivity contribution in [2.45, 2.75) is 44.9 Å². The molecule has 5 heteroatoms. The van der Waals surface area contributed by atoms with Crippen LogP contribution >= 0.6 is 0 Å². The number of hydrogen-bond acceptors (Lipinski definition) is 3. The van der Waals surface area contributed by atoms with E-state index in [2.05, 4.69) is 5.32 Å². The summed E-state index contributed by atoms with van der Waals surface area (Å²) in [5, 5.41) is 12.2. The molecule has 0 aromatic carbocycles. The Morgan fingerprint density at radius 1 is 1.32 bits per heavy atom. The van der Waals surface area contributed by atoms with Crippen LogP contribution in [0.3, 0.4) is 0 Å². The van der Waals surface area contributed by atoms with Crippen LogP contribution < -0.4 is 5.32 Å². The fourth-order valence-corrected chi connectivity index (χ4v) is 3.11. The normalized spacial score (nSPS) is 25.4. The van der Waals surface area contributed by atoms with Crippen molar-refractivity contribution in [3.8, 4) is 0 Å². The Kier molecular flexibility index (Phi) is 4.80. The second-order valence-corrected chi connectivity index (χ2v) is 5.84. The van der Waals surface area contributed by atoms with Crippen molar-refractivity contribution in [2.75, 3.05) is 19.8 Å². The first-order valence-corrected chi connectivity index (χ1v) is 7.20. The topological polar surface area (TPSA) is 75.6 Å². The summed E-state index contributed by atoms with van der Waals surface area (Å²) < 4.78 is 5.28. The first kappa shape index (κ1) is 14.3. The largest absolute Gasteiger partial charge is 0.481 e. The smallest absolute Gasteiger partial charge is 0.310 e. The summed E-state index contributed by atoms with van der Waals surface area (Å²) in [6.07, 6.45) is 5.21. The molecule has 0 radical (unpaired) electrons. The Bertz CT molecular complexity index is 330. The first-order chi connectivity index (χ1) is 9.12. The third-order valence-electron chi connectivity index (χ3n) is 4.41. The van der Waals surface area contributed by atoms with Gasteiger partial charge >= 0.3 is 5.97 Å². The van der Waals surface area contributed by atoms with E-state index >= 15 is 0 Å². The van der Waals surface area contributed by atoms with Gasteiger partial charge in [-0.3, -0.25) is 9.59 Å².